The molecule has 0 atom stereocenters. The van der Waals surface area contributed by atoms with Crippen LogP contribution in [0, 0.1) is 15.9 Å². The van der Waals surface area contributed by atoms with E-state index in [1.165, 1.54) is 6.07 Å². The molecule has 1 heterocycles. The summed E-state index contributed by atoms with van der Waals surface area (Å²) in [6.07, 6.45) is 1.11. The molecule has 0 aliphatic carbocycles. The van der Waals surface area contributed by atoms with Gasteiger partial charge in [0.1, 0.15) is 0 Å². The van der Waals surface area contributed by atoms with E-state index in [2.05, 4.69) is 20.7 Å². The SMILES string of the molecule is O=C(Nc1c(F)cccc1[N+](=O)[O-])c1cn[nH]n1. The number of benzene rings is 1. The molecule has 1 aromatic carbocycles. The van der Waals surface area contributed by atoms with E-state index in [1.54, 1.807) is 0 Å². The number of nitro groups is 1. The lowest BCUT2D eigenvalue weighted by atomic mass is 10.2. The molecule has 0 unspecified atom stereocenters. The number of amides is 1. The summed E-state index contributed by atoms with van der Waals surface area (Å²) in [5.41, 5.74) is -1.14. The van der Waals surface area contributed by atoms with E-state index in [4.69, 9.17) is 0 Å². The zero-order valence-electron chi connectivity index (χ0n) is 8.75. The molecule has 92 valence electrons. The molecule has 0 saturated heterocycles. The van der Waals surface area contributed by atoms with E-state index in [1.807, 2.05) is 0 Å². The number of carbonyl (C=O) groups excluding carboxylic acids is 1. The van der Waals surface area contributed by atoms with Crippen molar-refractivity contribution in [3.63, 3.8) is 0 Å². The van der Waals surface area contributed by atoms with Crippen LogP contribution in [0.3, 0.4) is 0 Å². The van der Waals surface area contributed by atoms with Gasteiger partial charge in [0.05, 0.1) is 11.1 Å². The number of rotatable bonds is 3. The Morgan fingerprint density at radius 3 is 2.89 bits per heavy atom. The number of hydrogen-bond donors (Lipinski definition) is 2. The fourth-order valence-corrected chi connectivity index (χ4v) is 1.28. The Morgan fingerprint density at radius 1 is 1.50 bits per heavy atom. The molecule has 2 N–H and O–H groups in total. The summed E-state index contributed by atoms with van der Waals surface area (Å²) in [7, 11) is 0. The second kappa shape index (κ2) is 4.57. The lowest BCUT2D eigenvalue weighted by Gasteiger charge is -2.04. The number of nitrogens with zero attached hydrogens (tertiary/aromatic N) is 3. The Kier molecular flexibility index (Phi) is 2.96. The van der Waals surface area contributed by atoms with E-state index in [9.17, 15) is 19.3 Å². The van der Waals surface area contributed by atoms with Crippen molar-refractivity contribution in [1.82, 2.24) is 15.4 Å². The number of nitro benzene ring substituents is 1. The van der Waals surface area contributed by atoms with Crippen LogP contribution in [0.4, 0.5) is 15.8 Å². The van der Waals surface area contributed by atoms with Gasteiger partial charge in [0.25, 0.3) is 11.6 Å². The maximum atomic E-state index is 13.4. The van der Waals surface area contributed by atoms with Crippen LogP contribution in [0.15, 0.2) is 24.4 Å². The van der Waals surface area contributed by atoms with Crippen LogP contribution in [0.25, 0.3) is 0 Å². The van der Waals surface area contributed by atoms with E-state index in [-0.39, 0.29) is 5.69 Å². The molecule has 1 aromatic heterocycles. The molecule has 18 heavy (non-hydrogen) atoms. The topological polar surface area (TPSA) is 114 Å². The van der Waals surface area contributed by atoms with Gasteiger partial charge < -0.3 is 5.32 Å². The summed E-state index contributed by atoms with van der Waals surface area (Å²) in [5, 5.41) is 21.9. The molecule has 2 rings (SSSR count). The fraction of sp³-hybridized carbons (Fsp3) is 0. The van der Waals surface area contributed by atoms with Crippen molar-refractivity contribution in [2.75, 3.05) is 5.32 Å². The highest BCUT2D eigenvalue weighted by Crippen LogP contribution is 2.27. The molecule has 0 spiro atoms. The van der Waals surface area contributed by atoms with Crippen LogP contribution in [0.5, 0.6) is 0 Å². The second-order valence-corrected chi connectivity index (χ2v) is 3.20. The smallest absolute Gasteiger partial charge is 0.295 e. The first-order valence-electron chi connectivity index (χ1n) is 4.69. The van der Waals surface area contributed by atoms with Gasteiger partial charge in [-0.2, -0.15) is 15.4 Å². The molecule has 0 saturated carbocycles. The molecule has 0 fully saturated rings. The lowest BCUT2D eigenvalue weighted by molar-refractivity contribution is -0.384. The maximum absolute atomic E-state index is 13.4. The molecule has 9 heteroatoms. The van der Waals surface area contributed by atoms with Gasteiger partial charge in [-0.3, -0.25) is 14.9 Å². The third kappa shape index (κ3) is 2.14. The fourth-order valence-electron chi connectivity index (χ4n) is 1.28. The minimum absolute atomic E-state index is 0.104. The van der Waals surface area contributed by atoms with E-state index < -0.39 is 28.0 Å². The first-order valence-corrected chi connectivity index (χ1v) is 4.69. The summed E-state index contributed by atoms with van der Waals surface area (Å²) in [4.78, 5) is 21.5. The van der Waals surface area contributed by atoms with Gasteiger partial charge in [-0.25, -0.2) is 4.39 Å². The highest BCUT2D eigenvalue weighted by molar-refractivity contribution is 6.03. The number of H-pyrrole nitrogens is 1. The monoisotopic (exact) mass is 251 g/mol. The normalized spacial score (nSPS) is 10.1. The highest BCUT2D eigenvalue weighted by atomic mass is 19.1. The van der Waals surface area contributed by atoms with E-state index in [0.717, 1.165) is 18.3 Å². The zero-order valence-corrected chi connectivity index (χ0v) is 8.75. The standard InChI is InChI=1S/C9H6FN5O3/c10-5-2-1-3-7(15(17)18)8(5)12-9(16)6-4-11-14-13-6/h1-4H,(H,12,16)(H,11,13,14). The molecule has 0 aliphatic rings. The molecule has 0 bridgehead atoms. The minimum atomic E-state index is -0.902. The van der Waals surface area contributed by atoms with Crippen LogP contribution < -0.4 is 5.32 Å². The van der Waals surface area contributed by atoms with Gasteiger partial charge >= 0.3 is 0 Å². The third-order valence-electron chi connectivity index (χ3n) is 2.07. The third-order valence-corrected chi connectivity index (χ3v) is 2.07. The molecule has 0 radical (unpaired) electrons. The van der Waals surface area contributed by atoms with Crippen molar-refractivity contribution in [2.24, 2.45) is 0 Å². The summed E-state index contributed by atoms with van der Waals surface area (Å²) < 4.78 is 13.4. The van der Waals surface area contributed by atoms with Crippen molar-refractivity contribution < 1.29 is 14.1 Å². The summed E-state index contributed by atoms with van der Waals surface area (Å²) >= 11 is 0. The molecule has 0 aliphatic heterocycles. The number of hydrogen-bond acceptors (Lipinski definition) is 5. The van der Waals surface area contributed by atoms with E-state index in [0.29, 0.717) is 0 Å². The van der Waals surface area contributed by atoms with Gasteiger partial charge in [-0.15, -0.1) is 0 Å². The number of anilines is 1. The van der Waals surface area contributed by atoms with Gasteiger partial charge in [0, 0.05) is 6.07 Å². The number of carbonyl (C=O) groups is 1. The van der Waals surface area contributed by atoms with Crippen LogP contribution in [0.1, 0.15) is 10.5 Å². The van der Waals surface area contributed by atoms with Gasteiger partial charge in [-0.05, 0) is 6.07 Å². The quantitative estimate of drug-likeness (QED) is 0.626. The molecular formula is C9H6FN5O3. The Hall–Kier alpha value is -2.84. The summed E-state index contributed by atoms with van der Waals surface area (Å²) in [6, 6.07) is 3.27. The number of para-hydroxylation sites is 1. The van der Waals surface area contributed by atoms with Crippen molar-refractivity contribution in [3.8, 4) is 0 Å². The van der Waals surface area contributed by atoms with E-state index >= 15 is 0 Å². The second-order valence-electron chi connectivity index (χ2n) is 3.20. The molecule has 8 nitrogen and oxygen atoms in total. The number of aromatic amines is 1. The zero-order chi connectivity index (χ0) is 13.1. The largest absolute Gasteiger partial charge is 0.312 e. The van der Waals surface area contributed by atoms with Crippen LogP contribution in [0.2, 0.25) is 0 Å². The minimum Gasteiger partial charge on any atom is -0.312 e. The lowest BCUT2D eigenvalue weighted by Crippen LogP contribution is -2.14. The van der Waals surface area contributed by atoms with Crippen LogP contribution in [-0.2, 0) is 0 Å². The Morgan fingerprint density at radius 2 is 2.28 bits per heavy atom. The first kappa shape index (κ1) is 11.6. The Labute approximate surface area is 99.0 Å². The summed E-state index contributed by atoms with van der Waals surface area (Å²) in [6.45, 7) is 0. The van der Waals surface area contributed by atoms with Crippen molar-refractivity contribution in [2.45, 2.75) is 0 Å². The Bertz CT molecular complexity index is 598. The van der Waals surface area contributed by atoms with Crippen molar-refractivity contribution in [1.29, 1.82) is 0 Å². The van der Waals surface area contributed by atoms with Crippen LogP contribution >= 0.6 is 0 Å². The average Bonchev–Trinajstić information content (AvgIpc) is 2.85. The van der Waals surface area contributed by atoms with Gasteiger partial charge in [-0.1, -0.05) is 6.07 Å². The molecular weight excluding hydrogens is 245 g/mol. The van der Waals surface area contributed by atoms with Gasteiger partial charge in [0.15, 0.2) is 17.2 Å². The number of aromatic nitrogens is 3. The predicted molar refractivity (Wildman–Crippen MR) is 57.4 cm³/mol. The number of halogens is 1. The van der Waals surface area contributed by atoms with Crippen molar-refractivity contribution >= 4 is 17.3 Å². The molecule has 1 amide bonds. The van der Waals surface area contributed by atoms with Crippen molar-refractivity contribution in [3.05, 3.63) is 46.0 Å². The number of nitrogens with one attached hydrogen (secondary N) is 2. The summed E-state index contributed by atoms with van der Waals surface area (Å²) in [5.74, 6) is -1.70. The maximum Gasteiger partial charge on any atom is 0.295 e. The van der Waals surface area contributed by atoms with Crippen LogP contribution in [-0.4, -0.2) is 26.2 Å². The van der Waals surface area contributed by atoms with Gasteiger partial charge in [0.2, 0.25) is 0 Å². The average molecular weight is 251 g/mol. The molecule has 2 aromatic rings. The first-order chi connectivity index (χ1) is 8.59. The predicted octanol–water partition coefficient (Wildman–Crippen LogP) is 1.10. The Balaban J connectivity index is 2.34. The highest BCUT2D eigenvalue weighted by Gasteiger charge is 2.21.